The molecule has 0 saturated carbocycles. The van der Waals surface area contributed by atoms with Crippen LogP contribution in [0.5, 0.6) is 0 Å². The second kappa shape index (κ2) is 8.12. The van der Waals surface area contributed by atoms with Crippen molar-refractivity contribution in [2.45, 2.75) is 25.8 Å². The van der Waals surface area contributed by atoms with Gasteiger partial charge < -0.3 is 15.0 Å². The maximum absolute atomic E-state index is 11.9. The maximum atomic E-state index is 11.9. The SMILES string of the molecule is COCCCCCNCc1nc2cc(Cl)ccc2c(=O)[nH]1. The Morgan fingerprint density at radius 3 is 3.00 bits per heavy atom. The van der Waals surface area contributed by atoms with Crippen LogP contribution in [0.3, 0.4) is 0 Å². The largest absolute Gasteiger partial charge is 0.385 e. The summed E-state index contributed by atoms with van der Waals surface area (Å²) in [7, 11) is 1.71. The van der Waals surface area contributed by atoms with Gasteiger partial charge in [-0.15, -0.1) is 0 Å². The lowest BCUT2D eigenvalue weighted by Crippen LogP contribution is -2.20. The molecule has 1 heterocycles. The number of rotatable bonds is 8. The van der Waals surface area contributed by atoms with Gasteiger partial charge in [-0.1, -0.05) is 11.6 Å². The van der Waals surface area contributed by atoms with Crippen LogP contribution in [-0.4, -0.2) is 30.2 Å². The topological polar surface area (TPSA) is 67.0 Å². The van der Waals surface area contributed by atoms with E-state index in [-0.39, 0.29) is 5.56 Å². The van der Waals surface area contributed by atoms with Crippen molar-refractivity contribution in [1.29, 1.82) is 0 Å². The number of nitrogens with one attached hydrogen (secondary N) is 2. The molecule has 1 aromatic carbocycles. The van der Waals surface area contributed by atoms with Gasteiger partial charge in [-0.2, -0.15) is 0 Å². The Bertz CT molecular complexity index is 642. The Kier molecular flexibility index (Phi) is 6.17. The molecule has 114 valence electrons. The van der Waals surface area contributed by atoms with Crippen LogP contribution in [0.4, 0.5) is 0 Å². The molecule has 1 aromatic heterocycles. The van der Waals surface area contributed by atoms with Crippen LogP contribution in [-0.2, 0) is 11.3 Å². The number of methoxy groups -OCH3 is 1. The third kappa shape index (κ3) is 4.81. The number of aromatic nitrogens is 2. The minimum absolute atomic E-state index is 0.131. The van der Waals surface area contributed by atoms with Gasteiger partial charge in [0.15, 0.2) is 0 Å². The lowest BCUT2D eigenvalue weighted by Gasteiger charge is -2.06. The summed E-state index contributed by atoms with van der Waals surface area (Å²) in [5, 5.41) is 4.42. The first-order chi connectivity index (χ1) is 10.2. The van der Waals surface area contributed by atoms with Gasteiger partial charge in [0.2, 0.25) is 0 Å². The Labute approximate surface area is 128 Å². The molecule has 0 bridgehead atoms. The van der Waals surface area contributed by atoms with Gasteiger partial charge in [0, 0.05) is 18.7 Å². The molecule has 21 heavy (non-hydrogen) atoms. The molecule has 0 unspecified atom stereocenters. The molecule has 0 saturated heterocycles. The predicted molar refractivity (Wildman–Crippen MR) is 84.8 cm³/mol. The quantitative estimate of drug-likeness (QED) is 0.735. The average Bonchev–Trinajstić information content (AvgIpc) is 2.46. The minimum Gasteiger partial charge on any atom is -0.385 e. The van der Waals surface area contributed by atoms with Crippen LogP contribution in [0.2, 0.25) is 5.02 Å². The van der Waals surface area contributed by atoms with Gasteiger partial charge in [-0.25, -0.2) is 4.98 Å². The third-order valence-corrected chi connectivity index (χ3v) is 3.45. The summed E-state index contributed by atoms with van der Waals surface area (Å²) in [6, 6.07) is 5.09. The van der Waals surface area contributed by atoms with Gasteiger partial charge >= 0.3 is 0 Å². The van der Waals surface area contributed by atoms with Crippen molar-refractivity contribution >= 4 is 22.5 Å². The molecule has 0 aliphatic rings. The predicted octanol–water partition coefficient (Wildman–Crippen LogP) is 2.48. The van der Waals surface area contributed by atoms with Crippen molar-refractivity contribution in [3.8, 4) is 0 Å². The molecule has 2 N–H and O–H groups in total. The van der Waals surface area contributed by atoms with Gasteiger partial charge in [0.25, 0.3) is 5.56 Å². The number of unbranched alkanes of at least 4 members (excludes halogenated alkanes) is 2. The highest BCUT2D eigenvalue weighted by Gasteiger charge is 2.04. The molecule has 0 atom stereocenters. The fourth-order valence-corrected chi connectivity index (χ4v) is 2.29. The summed E-state index contributed by atoms with van der Waals surface area (Å²) in [5.41, 5.74) is 0.497. The number of nitrogens with zero attached hydrogens (tertiary/aromatic N) is 1. The maximum Gasteiger partial charge on any atom is 0.258 e. The Morgan fingerprint density at radius 1 is 1.33 bits per heavy atom. The summed E-state index contributed by atoms with van der Waals surface area (Å²) in [4.78, 5) is 19.1. The van der Waals surface area contributed by atoms with E-state index in [1.54, 1.807) is 25.3 Å². The van der Waals surface area contributed by atoms with E-state index in [1.165, 1.54) is 0 Å². The summed E-state index contributed by atoms with van der Waals surface area (Å²) in [6.07, 6.45) is 3.27. The van der Waals surface area contributed by atoms with Crippen molar-refractivity contribution in [2.75, 3.05) is 20.3 Å². The second-order valence-electron chi connectivity index (χ2n) is 4.90. The van der Waals surface area contributed by atoms with Crippen molar-refractivity contribution in [2.24, 2.45) is 0 Å². The lowest BCUT2D eigenvalue weighted by molar-refractivity contribution is 0.192. The number of hydrogen-bond donors (Lipinski definition) is 2. The van der Waals surface area contributed by atoms with Crippen LogP contribution in [0.25, 0.3) is 10.9 Å². The number of H-pyrrole nitrogens is 1. The number of fused-ring (bicyclic) bond motifs is 1. The molecular formula is C15H20ClN3O2. The first-order valence-electron chi connectivity index (χ1n) is 7.09. The van der Waals surface area contributed by atoms with Crippen LogP contribution >= 0.6 is 11.6 Å². The average molecular weight is 310 g/mol. The van der Waals surface area contributed by atoms with Crippen LogP contribution in [0, 0.1) is 0 Å². The monoisotopic (exact) mass is 309 g/mol. The summed E-state index contributed by atoms with van der Waals surface area (Å²) in [6.45, 7) is 2.24. The highest BCUT2D eigenvalue weighted by atomic mass is 35.5. The van der Waals surface area contributed by atoms with Gasteiger partial charge in [-0.3, -0.25) is 4.79 Å². The number of hydrogen-bond acceptors (Lipinski definition) is 4. The second-order valence-corrected chi connectivity index (χ2v) is 5.34. The third-order valence-electron chi connectivity index (χ3n) is 3.21. The standard InChI is InChI=1S/C15H20ClN3O2/c1-21-8-4-2-3-7-17-10-14-18-13-9-11(16)5-6-12(13)15(20)19-14/h5-6,9,17H,2-4,7-8,10H2,1H3,(H,18,19,20). The summed E-state index contributed by atoms with van der Waals surface area (Å²) < 4.78 is 5.00. The molecule has 0 aliphatic heterocycles. The molecule has 2 rings (SSSR count). The Hall–Kier alpha value is -1.43. The van der Waals surface area contributed by atoms with E-state index in [1.807, 2.05) is 0 Å². The van der Waals surface area contributed by atoms with E-state index >= 15 is 0 Å². The fourth-order valence-electron chi connectivity index (χ4n) is 2.12. The summed E-state index contributed by atoms with van der Waals surface area (Å²) in [5.74, 6) is 0.631. The zero-order valence-corrected chi connectivity index (χ0v) is 12.9. The lowest BCUT2D eigenvalue weighted by atomic mass is 10.2. The molecule has 0 spiro atoms. The van der Waals surface area contributed by atoms with E-state index < -0.39 is 0 Å². The van der Waals surface area contributed by atoms with Crippen molar-refractivity contribution in [1.82, 2.24) is 15.3 Å². The van der Waals surface area contributed by atoms with E-state index in [0.29, 0.717) is 28.3 Å². The van der Waals surface area contributed by atoms with Gasteiger partial charge in [0.1, 0.15) is 5.82 Å². The number of aromatic amines is 1. The van der Waals surface area contributed by atoms with E-state index in [2.05, 4.69) is 15.3 Å². The highest BCUT2D eigenvalue weighted by molar-refractivity contribution is 6.31. The molecule has 0 fully saturated rings. The van der Waals surface area contributed by atoms with Crippen LogP contribution in [0.15, 0.2) is 23.0 Å². The minimum atomic E-state index is -0.131. The Balaban J connectivity index is 1.89. The first-order valence-corrected chi connectivity index (χ1v) is 7.46. The van der Waals surface area contributed by atoms with Gasteiger partial charge in [-0.05, 0) is 44.0 Å². The van der Waals surface area contributed by atoms with E-state index in [0.717, 1.165) is 32.4 Å². The van der Waals surface area contributed by atoms with Crippen LogP contribution < -0.4 is 10.9 Å². The van der Waals surface area contributed by atoms with E-state index in [9.17, 15) is 4.79 Å². The molecule has 0 aliphatic carbocycles. The van der Waals surface area contributed by atoms with Crippen molar-refractivity contribution < 1.29 is 4.74 Å². The smallest absolute Gasteiger partial charge is 0.258 e. The fraction of sp³-hybridized carbons (Fsp3) is 0.467. The number of benzene rings is 1. The molecule has 2 aromatic rings. The van der Waals surface area contributed by atoms with Crippen LogP contribution in [0.1, 0.15) is 25.1 Å². The normalized spacial score (nSPS) is 11.1. The molecular weight excluding hydrogens is 290 g/mol. The van der Waals surface area contributed by atoms with Gasteiger partial charge in [0.05, 0.1) is 17.4 Å². The van der Waals surface area contributed by atoms with Crippen molar-refractivity contribution in [3.05, 3.63) is 39.4 Å². The number of halogens is 1. The highest BCUT2D eigenvalue weighted by Crippen LogP contribution is 2.14. The Morgan fingerprint density at radius 2 is 2.19 bits per heavy atom. The zero-order chi connectivity index (χ0) is 15.1. The van der Waals surface area contributed by atoms with E-state index in [4.69, 9.17) is 16.3 Å². The first kappa shape index (κ1) is 15.9. The summed E-state index contributed by atoms with van der Waals surface area (Å²) >= 11 is 5.93. The zero-order valence-electron chi connectivity index (χ0n) is 12.1. The molecule has 0 radical (unpaired) electrons. The number of ether oxygens (including phenoxy) is 1. The molecule has 0 amide bonds. The molecule has 6 heteroatoms. The van der Waals surface area contributed by atoms with Crippen molar-refractivity contribution in [3.63, 3.8) is 0 Å². The molecule has 5 nitrogen and oxygen atoms in total.